The summed E-state index contributed by atoms with van der Waals surface area (Å²) < 4.78 is 0. The van der Waals surface area contributed by atoms with E-state index in [9.17, 15) is 0 Å². The smallest absolute Gasteiger partial charge is 0.149 e. The average Bonchev–Trinajstić information content (AvgIpc) is 3.01. The van der Waals surface area contributed by atoms with E-state index in [1.54, 1.807) is 6.07 Å². The Hall–Kier alpha value is -1.45. The largest absolute Gasteiger partial charge is 0.396 e. The van der Waals surface area contributed by atoms with Crippen LogP contribution in [0.3, 0.4) is 0 Å². The van der Waals surface area contributed by atoms with Gasteiger partial charge in [-0.1, -0.05) is 6.92 Å². The lowest BCUT2D eigenvalue weighted by Gasteiger charge is -2.14. The molecular weight excluding hydrogens is 188 g/mol. The van der Waals surface area contributed by atoms with Crippen LogP contribution in [0, 0.1) is 5.41 Å². The van der Waals surface area contributed by atoms with E-state index in [4.69, 9.17) is 11.5 Å². The van der Waals surface area contributed by atoms with E-state index in [-0.39, 0.29) is 0 Å². The van der Waals surface area contributed by atoms with Crippen LogP contribution in [0.15, 0.2) is 12.1 Å². The molecule has 1 aromatic heterocycles. The molecule has 0 spiro atoms. The lowest BCUT2D eigenvalue weighted by Crippen LogP contribution is -2.15. The van der Waals surface area contributed by atoms with Crippen molar-refractivity contribution in [2.45, 2.75) is 26.2 Å². The Morgan fingerprint density at radius 1 is 1.40 bits per heavy atom. The number of rotatable bonds is 4. The number of hydrogen-bond donors (Lipinski definition) is 3. The van der Waals surface area contributed by atoms with Crippen LogP contribution < -0.4 is 16.8 Å². The molecule has 0 unspecified atom stereocenters. The predicted molar refractivity (Wildman–Crippen MR) is 63.5 cm³/mol. The molecule has 4 heteroatoms. The fourth-order valence-electron chi connectivity index (χ4n) is 1.69. The van der Waals surface area contributed by atoms with Gasteiger partial charge in [0.1, 0.15) is 11.6 Å². The van der Waals surface area contributed by atoms with Gasteiger partial charge in [-0.3, -0.25) is 0 Å². The summed E-state index contributed by atoms with van der Waals surface area (Å²) in [7, 11) is 0. The first kappa shape index (κ1) is 10.1. The summed E-state index contributed by atoms with van der Waals surface area (Å²) in [4.78, 5) is 4.18. The van der Waals surface area contributed by atoms with Gasteiger partial charge in [0.2, 0.25) is 0 Å². The van der Waals surface area contributed by atoms with E-state index >= 15 is 0 Å². The minimum absolute atomic E-state index is 0.404. The number of nitrogen functional groups attached to an aromatic ring is 2. The van der Waals surface area contributed by atoms with Crippen molar-refractivity contribution in [2.24, 2.45) is 5.41 Å². The Labute approximate surface area is 90.1 Å². The number of nitrogens with two attached hydrogens (primary N) is 2. The summed E-state index contributed by atoms with van der Waals surface area (Å²) in [5.41, 5.74) is 12.3. The number of nitrogens with zero attached hydrogens (tertiary/aromatic N) is 1. The Morgan fingerprint density at radius 3 is 2.67 bits per heavy atom. The third kappa shape index (κ3) is 2.14. The predicted octanol–water partition coefficient (Wildman–Crippen LogP) is 1.85. The summed E-state index contributed by atoms with van der Waals surface area (Å²) in [6.45, 7) is 3.22. The van der Waals surface area contributed by atoms with E-state index in [1.165, 1.54) is 19.3 Å². The molecule has 5 N–H and O–H groups in total. The fraction of sp³-hybridized carbons (Fsp3) is 0.545. The zero-order valence-electron chi connectivity index (χ0n) is 9.09. The molecular formula is C11H18N4. The SMILES string of the molecule is CCC1(CNc2ccc(N)c(N)n2)CC1. The normalized spacial score (nSPS) is 17.4. The lowest BCUT2D eigenvalue weighted by atomic mass is 10.0. The maximum absolute atomic E-state index is 5.63. The van der Waals surface area contributed by atoms with Gasteiger partial charge in [-0.15, -0.1) is 0 Å². The monoisotopic (exact) mass is 206 g/mol. The average molecular weight is 206 g/mol. The van der Waals surface area contributed by atoms with Crippen molar-refractivity contribution in [3.8, 4) is 0 Å². The lowest BCUT2D eigenvalue weighted by molar-refractivity contribution is 0.521. The molecule has 1 aromatic rings. The molecule has 1 aliphatic carbocycles. The summed E-state index contributed by atoms with van der Waals surface area (Å²) in [6, 6.07) is 3.66. The summed E-state index contributed by atoms with van der Waals surface area (Å²) in [5, 5.41) is 3.32. The van der Waals surface area contributed by atoms with Crippen LogP contribution in [0.5, 0.6) is 0 Å². The molecule has 0 bridgehead atoms. The van der Waals surface area contributed by atoms with Crippen molar-refractivity contribution in [2.75, 3.05) is 23.3 Å². The first-order chi connectivity index (χ1) is 7.15. The van der Waals surface area contributed by atoms with Gasteiger partial charge in [0.05, 0.1) is 5.69 Å². The highest BCUT2D eigenvalue weighted by Gasteiger charge is 2.40. The van der Waals surface area contributed by atoms with Crippen molar-refractivity contribution in [3.05, 3.63) is 12.1 Å². The molecule has 82 valence electrons. The first-order valence-electron chi connectivity index (χ1n) is 5.41. The van der Waals surface area contributed by atoms with Crippen LogP contribution in [-0.2, 0) is 0 Å². The number of aromatic nitrogens is 1. The Balaban J connectivity index is 1.96. The van der Waals surface area contributed by atoms with Crippen LogP contribution in [0.4, 0.5) is 17.3 Å². The third-order valence-corrected chi connectivity index (χ3v) is 3.31. The quantitative estimate of drug-likeness (QED) is 0.702. The molecule has 0 atom stereocenters. The number of anilines is 3. The second-order valence-corrected chi connectivity index (χ2v) is 4.38. The maximum Gasteiger partial charge on any atom is 0.149 e. The third-order valence-electron chi connectivity index (χ3n) is 3.31. The van der Waals surface area contributed by atoms with Crippen molar-refractivity contribution in [3.63, 3.8) is 0 Å². The van der Waals surface area contributed by atoms with Crippen molar-refractivity contribution < 1.29 is 0 Å². The molecule has 1 saturated carbocycles. The molecule has 2 rings (SSSR count). The van der Waals surface area contributed by atoms with E-state index in [2.05, 4.69) is 17.2 Å². The number of nitrogens with one attached hydrogen (secondary N) is 1. The molecule has 0 radical (unpaired) electrons. The second kappa shape index (κ2) is 3.61. The topological polar surface area (TPSA) is 77.0 Å². The van der Waals surface area contributed by atoms with Gasteiger partial charge >= 0.3 is 0 Å². The molecule has 0 aliphatic heterocycles. The van der Waals surface area contributed by atoms with Gasteiger partial charge in [0.25, 0.3) is 0 Å². The summed E-state index contributed by atoms with van der Waals surface area (Å²) in [6.07, 6.45) is 3.87. The summed E-state index contributed by atoms with van der Waals surface area (Å²) >= 11 is 0. The van der Waals surface area contributed by atoms with Crippen LogP contribution >= 0.6 is 0 Å². The molecule has 0 aromatic carbocycles. The van der Waals surface area contributed by atoms with Crippen molar-refractivity contribution in [1.29, 1.82) is 0 Å². The van der Waals surface area contributed by atoms with E-state index in [1.807, 2.05) is 6.07 Å². The minimum Gasteiger partial charge on any atom is -0.396 e. The molecule has 1 fully saturated rings. The second-order valence-electron chi connectivity index (χ2n) is 4.38. The summed E-state index contributed by atoms with van der Waals surface area (Å²) in [5.74, 6) is 1.22. The zero-order chi connectivity index (χ0) is 10.9. The van der Waals surface area contributed by atoms with Crippen molar-refractivity contribution in [1.82, 2.24) is 4.98 Å². The highest BCUT2D eigenvalue weighted by molar-refractivity contribution is 5.61. The minimum atomic E-state index is 0.404. The van der Waals surface area contributed by atoms with Gasteiger partial charge in [-0.25, -0.2) is 4.98 Å². The van der Waals surface area contributed by atoms with Crippen LogP contribution in [0.25, 0.3) is 0 Å². The molecule has 4 nitrogen and oxygen atoms in total. The van der Waals surface area contributed by atoms with Gasteiger partial charge in [-0.2, -0.15) is 0 Å². The number of pyridine rings is 1. The molecule has 0 saturated heterocycles. The van der Waals surface area contributed by atoms with Crippen LogP contribution in [0.2, 0.25) is 0 Å². The van der Waals surface area contributed by atoms with E-state index < -0.39 is 0 Å². The van der Waals surface area contributed by atoms with Crippen LogP contribution in [0.1, 0.15) is 26.2 Å². The van der Waals surface area contributed by atoms with Gasteiger partial charge in [-0.05, 0) is 36.8 Å². The van der Waals surface area contributed by atoms with E-state index in [0.717, 1.165) is 12.4 Å². The first-order valence-corrected chi connectivity index (χ1v) is 5.41. The van der Waals surface area contributed by atoms with E-state index in [0.29, 0.717) is 16.9 Å². The molecule has 0 amide bonds. The Bertz CT molecular complexity index is 358. The highest BCUT2D eigenvalue weighted by atomic mass is 15.0. The van der Waals surface area contributed by atoms with Gasteiger partial charge in [0.15, 0.2) is 0 Å². The molecule has 1 heterocycles. The van der Waals surface area contributed by atoms with Gasteiger partial charge < -0.3 is 16.8 Å². The fourth-order valence-corrected chi connectivity index (χ4v) is 1.69. The van der Waals surface area contributed by atoms with Crippen molar-refractivity contribution >= 4 is 17.3 Å². The number of hydrogen-bond acceptors (Lipinski definition) is 4. The Morgan fingerprint density at radius 2 is 2.13 bits per heavy atom. The zero-order valence-corrected chi connectivity index (χ0v) is 9.09. The highest BCUT2D eigenvalue weighted by Crippen LogP contribution is 2.48. The standard InChI is InChI=1S/C11H18N4/c1-2-11(5-6-11)7-14-9-4-3-8(12)10(13)15-9/h3-4H,2,5-7,12H2,1H3,(H3,13,14,15). The molecule has 15 heavy (non-hydrogen) atoms. The van der Waals surface area contributed by atoms with Gasteiger partial charge in [0, 0.05) is 6.54 Å². The van der Waals surface area contributed by atoms with Crippen LogP contribution in [-0.4, -0.2) is 11.5 Å². The Kier molecular flexibility index (Phi) is 2.42. The molecule has 1 aliphatic rings. The maximum atomic E-state index is 5.63.